The molecule has 0 radical (unpaired) electrons. The predicted molar refractivity (Wildman–Crippen MR) is 89.4 cm³/mol. The number of benzene rings is 1. The molecule has 0 saturated carbocycles. The average molecular weight is 370 g/mol. The van der Waals surface area contributed by atoms with E-state index in [0.29, 0.717) is 20.7 Å². The fraction of sp³-hybridized carbons (Fsp3) is 0.312. The van der Waals surface area contributed by atoms with Gasteiger partial charge in [-0.2, -0.15) is 0 Å². The highest BCUT2D eigenvalue weighted by Gasteiger charge is 2.32. The Bertz CT molecular complexity index is 726. The van der Waals surface area contributed by atoms with Crippen LogP contribution in [0.15, 0.2) is 30.5 Å². The van der Waals surface area contributed by atoms with E-state index >= 15 is 0 Å². The van der Waals surface area contributed by atoms with Gasteiger partial charge in [-0.1, -0.05) is 11.6 Å². The molecule has 8 heteroatoms. The molecule has 0 aliphatic carbocycles. The van der Waals surface area contributed by atoms with Crippen LogP contribution in [0.2, 0.25) is 5.02 Å². The van der Waals surface area contributed by atoms with Gasteiger partial charge in [-0.05, 0) is 38.1 Å². The molecule has 128 valence electrons. The van der Waals surface area contributed by atoms with Crippen molar-refractivity contribution in [2.75, 3.05) is 7.11 Å². The number of ether oxygens (including phenoxy) is 3. The number of esters is 2. The third-order valence-corrected chi connectivity index (χ3v) is 4.15. The number of halogens is 1. The highest BCUT2D eigenvalue weighted by atomic mass is 35.5. The van der Waals surface area contributed by atoms with Crippen LogP contribution in [0.3, 0.4) is 0 Å². The van der Waals surface area contributed by atoms with Gasteiger partial charge in [0.25, 0.3) is 0 Å². The van der Waals surface area contributed by atoms with Crippen molar-refractivity contribution in [2.24, 2.45) is 0 Å². The lowest BCUT2D eigenvalue weighted by atomic mass is 10.1. The van der Waals surface area contributed by atoms with Gasteiger partial charge in [0.05, 0.1) is 13.3 Å². The zero-order valence-electron chi connectivity index (χ0n) is 13.4. The maximum absolute atomic E-state index is 12.2. The van der Waals surface area contributed by atoms with Crippen LogP contribution in [-0.2, 0) is 20.9 Å². The van der Waals surface area contributed by atoms with Crippen LogP contribution in [0.4, 0.5) is 0 Å². The van der Waals surface area contributed by atoms with Crippen molar-refractivity contribution in [3.63, 3.8) is 0 Å². The molecule has 0 amide bonds. The lowest BCUT2D eigenvalue weighted by Gasteiger charge is -2.24. The standard InChI is InChI=1S/C16H16ClNO5S/c1-16(2,23-11-6-4-10(17)5-7-11)15(20)22-9-13-18-8-12(24-13)14(19)21-3/h4-8H,9H2,1-3H3. The Morgan fingerprint density at radius 3 is 2.54 bits per heavy atom. The third-order valence-electron chi connectivity index (χ3n) is 2.95. The molecule has 0 atom stereocenters. The summed E-state index contributed by atoms with van der Waals surface area (Å²) in [5.74, 6) is -0.521. The molecular weight excluding hydrogens is 354 g/mol. The fourth-order valence-corrected chi connectivity index (χ4v) is 2.59. The molecule has 6 nitrogen and oxygen atoms in total. The number of hydrogen-bond acceptors (Lipinski definition) is 7. The van der Waals surface area contributed by atoms with Crippen molar-refractivity contribution >= 4 is 34.9 Å². The lowest BCUT2D eigenvalue weighted by molar-refractivity contribution is -0.160. The number of carbonyl (C=O) groups excluding carboxylic acids is 2. The second kappa shape index (κ2) is 7.63. The topological polar surface area (TPSA) is 74.7 Å². The minimum Gasteiger partial charge on any atom is -0.476 e. The molecule has 0 bridgehead atoms. The molecule has 0 saturated heterocycles. The van der Waals surface area contributed by atoms with E-state index in [1.165, 1.54) is 13.3 Å². The summed E-state index contributed by atoms with van der Waals surface area (Å²) in [6.07, 6.45) is 1.38. The van der Waals surface area contributed by atoms with Crippen LogP contribution in [0.25, 0.3) is 0 Å². The summed E-state index contributed by atoms with van der Waals surface area (Å²) in [6.45, 7) is 3.16. The largest absolute Gasteiger partial charge is 0.476 e. The van der Waals surface area contributed by atoms with Gasteiger partial charge in [-0.15, -0.1) is 11.3 Å². The number of hydrogen-bond donors (Lipinski definition) is 0. The van der Waals surface area contributed by atoms with Crippen LogP contribution >= 0.6 is 22.9 Å². The van der Waals surface area contributed by atoms with Crippen LogP contribution in [0.1, 0.15) is 28.5 Å². The summed E-state index contributed by atoms with van der Waals surface area (Å²) in [6, 6.07) is 6.67. The number of nitrogens with zero attached hydrogens (tertiary/aromatic N) is 1. The SMILES string of the molecule is COC(=O)c1cnc(COC(=O)C(C)(C)Oc2ccc(Cl)cc2)s1. The third kappa shape index (κ3) is 4.69. The number of carbonyl (C=O) groups is 2. The molecule has 1 aromatic carbocycles. The number of aromatic nitrogens is 1. The van der Waals surface area contributed by atoms with Gasteiger partial charge in [0, 0.05) is 5.02 Å². The molecule has 2 rings (SSSR count). The normalized spacial score (nSPS) is 11.0. The van der Waals surface area contributed by atoms with E-state index in [-0.39, 0.29) is 6.61 Å². The van der Waals surface area contributed by atoms with Gasteiger partial charge in [-0.25, -0.2) is 14.6 Å². The average Bonchev–Trinajstić information content (AvgIpc) is 3.02. The Labute approximate surface area is 148 Å². The van der Waals surface area contributed by atoms with E-state index in [4.69, 9.17) is 21.1 Å². The number of methoxy groups -OCH3 is 1. The van der Waals surface area contributed by atoms with Crippen molar-refractivity contribution in [3.05, 3.63) is 45.4 Å². The first-order valence-corrected chi connectivity index (χ1v) is 8.16. The monoisotopic (exact) mass is 369 g/mol. The lowest BCUT2D eigenvalue weighted by Crippen LogP contribution is -2.39. The maximum atomic E-state index is 12.2. The van der Waals surface area contributed by atoms with Crippen LogP contribution in [0, 0.1) is 0 Å². The molecule has 0 N–H and O–H groups in total. The summed E-state index contributed by atoms with van der Waals surface area (Å²) < 4.78 is 15.5. The Balaban J connectivity index is 1.94. The summed E-state index contributed by atoms with van der Waals surface area (Å²) in [5, 5.41) is 1.07. The zero-order valence-corrected chi connectivity index (χ0v) is 14.9. The van der Waals surface area contributed by atoms with Crippen LogP contribution < -0.4 is 4.74 Å². The highest BCUT2D eigenvalue weighted by molar-refractivity contribution is 7.13. The Kier molecular flexibility index (Phi) is 5.80. The molecule has 0 fully saturated rings. The van der Waals surface area contributed by atoms with E-state index < -0.39 is 17.5 Å². The summed E-state index contributed by atoms with van der Waals surface area (Å²) >= 11 is 6.92. The van der Waals surface area contributed by atoms with Gasteiger partial charge >= 0.3 is 11.9 Å². The van der Waals surface area contributed by atoms with Crippen molar-refractivity contribution in [2.45, 2.75) is 26.1 Å². The molecule has 0 aliphatic heterocycles. The van der Waals surface area contributed by atoms with Crippen molar-refractivity contribution < 1.29 is 23.8 Å². The van der Waals surface area contributed by atoms with Crippen molar-refractivity contribution in [1.29, 1.82) is 0 Å². The minimum atomic E-state index is -1.18. The van der Waals surface area contributed by atoms with Gasteiger partial charge in [0.15, 0.2) is 5.60 Å². The first kappa shape index (κ1) is 18.2. The van der Waals surface area contributed by atoms with E-state index in [9.17, 15) is 9.59 Å². The van der Waals surface area contributed by atoms with E-state index in [1.54, 1.807) is 38.1 Å². The Hall–Kier alpha value is -2.12. The Morgan fingerprint density at radius 1 is 1.25 bits per heavy atom. The summed E-state index contributed by atoms with van der Waals surface area (Å²) in [7, 11) is 1.29. The smallest absolute Gasteiger partial charge is 0.350 e. The molecule has 2 aromatic rings. The van der Waals surface area contributed by atoms with Crippen LogP contribution in [0.5, 0.6) is 5.75 Å². The number of rotatable bonds is 6. The zero-order chi connectivity index (χ0) is 17.7. The van der Waals surface area contributed by atoms with Gasteiger partial charge < -0.3 is 14.2 Å². The second-order valence-electron chi connectivity index (χ2n) is 5.25. The molecule has 0 unspecified atom stereocenters. The number of thiazole rings is 1. The van der Waals surface area contributed by atoms with E-state index in [2.05, 4.69) is 9.72 Å². The van der Waals surface area contributed by atoms with Gasteiger partial charge in [0.1, 0.15) is 22.2 Å². The molecule has 1 heterocycles. The molecule has 0 aliphatic rings. The summed E-state index contributed by atoms with van der Waals surface area (Å²) in [5.41, 5.74) is -1.18. The van der Waals surface area contributed by atoms with Gasteiger partial charge in [0.2, 0.25) is 0 Å². The molecule has 0 spiro atoms. The maximum Gasteiger partial charge on any atom is 0.350 e. The summed E-state index contributed by atoms with van der Waals surface area (Å²) in [4.78, 5) is 27.9. The van der Waals surface area contributed by atoms with Crippen LogP contribution in [-0.4, -0.2) is 29.6 Å². The van der Waals surface area contributed by atoms with Crippen molar-refractivity contribution in [3.8, 4) is 5.75 Å². The molecule has 1 aromatic heterocycles. The second-order valence-corrected chi connectivity index (χ2v) is 6.80. The van der Waals surface area contributed by atoms with E-state index in [0.717, 1.165) is 11.3 Å². The minimum absolute atomic E-state index is 0.0477. The first-order chi connectivity index (χ1) is 11.3. The first-order valence-electron chi connectivity index (χ1n) is 6.96. The Morgan fingerprint density at radius 2 is 1.92 bits per heavy atom. The molecular formula is C16H16ClNO5S. The van der Waals surface area contributed by atoms with E-state index in [1.807, 2.05) is 0 Å². The predicted octanol–water partition coefficient (Wildman–Crippen LogP) is 3.48. The molecule has 24 heavy (non-hydrogen) atoms. The van der Waals surface area contributed by atoms with Crippen molar-refractivity contribution in [1.82, 2.24) is 4.98 Å². The fourth-order valence-electron chi connectivity index (χ4n) is 1.71. The quantitative estimate of drug-likeness (QED) is 0.725. The van der Waals surface area contributed by atoms with Gasteiger partial charge in [-0.3, -0.25) is 0 Å². The highest BCUT2D eigenvalue weighted by Crippen LogP contribution is 2.22.